The van der Waals surface area contributed by atoms with Crippen LogP contribution in [0.3, 0.4) is 0 Å². The first-order chi connectivity index (χ1) is 14.0. The molecule has 30 heavy (non-hydrogen) atoms. The number of fused-ring (bicyclic) bond motifs is 1. The number of pyridine rings is 1. The summed E-state index contributed by atoms with van der Waals surface area (Å²) < 4.78 is 88.7. The predicted octanol–water partition coefficient (Wildman–Crippen LogP) is 3.48. The highest BCUT2D eigenvalue weighted by Crippen LogP contribution is 2.30. The highest BCUT2D eigenvalue weighted by Gasteiger charge is 2.31. The van der Waals surface area contributed by atoms with Crippen LogP contribution in [0.1, 0.15) is 5.56 Å². The summed E-state index contributed by atoms with van der Waals surface area (Å²) in [6.45, 7) is 0. The maximum Gasteiger partial charge on any atom is 0.417 e. The Morgan fingerprint density at radius 1 is 1.13 bits per heavy atom. The third-order valence-corrected chi connectivity index (χ3v) is 6.11. The van der Waals surface area contributed by atoms with Gasteiger partial charge in [-0.1, -0.05) is 23.9 Å². The second-order valence-electron chi connectivity index (χ2n) is 5.76. The summed E-state index contributed by atoms with van der Waals surface area (Å²) in [5.41, 5.74) is -1.15. The molecule has 160 valence electrons. The van der Waals surface area contributed by atoms with E-state index < -0.39 is 38.1 Å². The Kier molecular flexibility index (Phi) is 5.99. The Bertz CT molecular complexity index is 1200. The lowest BCUT2D eigenvalue weighted by Gasteiger charge is -2.11. The normalized spacial score (nSPS) is 12.5. The molecule has 3 rings (SSSR count). The zero-order chi connectivity index (χ0) is 22.1. The van der Waals surface area contributed by atoms with Crippen molar-refractivity contribution < 1.29 is 35.2 Å². The molecule has 0 aliphatic heterocycles. The number of alkyl halides is 5. The molecule has 0 saturated heterocycles. The van der Waals surface area contributed by atoms with Gasteiger partial charge in [0.05, 0.1) is 21.9 Å². The van der Waals surface area contributed by atoms with Crippen molar-refractivity contribution in [1.82, 2.24) is 14.6 Å². The van der Waals surface area contributed by atoms with Crippen LogP contribution >= 0.6 is 11.8 Å². The first-order valence-corrected chi connectivity index (χ1v) is 10.5. The van der Waals surface area contributed by atoms with Crippen LogP contribution in [0.4, 0.5) is 27.6 Å². The highest BCUT2D eigenvalue weighted by molar-refractivity contribution is 7.99. The van der Waals surface area contributed by atoms with E-state index in [1.807, 2.05) is 0 Å². The van der Waals surface area contributed by atoms with Crippen LogP contribution in [0, 0.1) is 0 Å². The zero-order valence-electron chi connectivity index (χ0n) is 14.6. The molecule has 2 heterocycles. The smallest absolute Gasteiger partial charge is 0.324 e. The van der Waals surface area contributed by atoms with Gasteiger partial charge in [0, 0.05) is 6.20 Å². The Morgan fingerprint density at radius 3 is 2.50 bits per heavy atom. The number of carbonyl (C=O) groups is 1. The maximum atomic E-state index is 12.9. The van der Waals surface area contributed by atoms with Gasteiger partial charge in [-0.3, -0.25) is 9.20 Å². The summed E-state index contributed by atoms with van der Waals surface area (Å²) in [5, 5.41) is 9.60. The molecule has 0 saturated carbocycles. The van der Waals surface area contributed by atoms with Crippen LogP contribution in [0.15, 0.2) is 52.6 Å². The van der Waals surface area contributed by atoms with Gasteiger partial charge in [-0.15, -0.1) is 10.2 Å². The van der Waals surface area contributed by atoms with Crippen LogP contribution in [-0.4, -0.2) is 40.4 Å². The van der Waals surface area contributed by atoms with Crippen molar-refractivity contribution in [3.63, 3.8) is 0 Å². The lowest BCUT2D eigenvalue weighted by molar-refractivity contribution is -0.137. The number of carbonyl (C=O) groups excluding carboxylic acids is 1. The molecule has 7 nitrogen and oxygen atoms in total. The minimum atomic E-state index is -4.95. The van der Waals surface area contributed by atoms with Crippen molar-refractivity contribution in [3.05, 3.63) is 48.2 Å². The number of hydrogen-bond donors (Lipinski definition) is 1. The van der Waals surface area contributed by atoms with Crippen LogP contribution in [0.25, 0.3) is 5.65 Å². The molecule has 0 unspecified atom stereocenters. The van der Waals surface area contributed by atoms with Gasteiger partial charge in [-0.05, 0) is 24.3 Å². The number of hydrogen-bond acceptors (Lipinski definition) is 6. The number of para-hydroxylation sites is 1. The van der Waals surface area contributed by atoms with Crippen LogP contribution in [0.2, 0.25) is 0 Å². The van der Waals surface area contributed by atoms with E-state index in [0.717, 1.165) is 46.6 Å². The number of thioether (sulfide) groups is 1. The zero-order valence-corrected chi connectivity index (χ0v) is 16.2. The molecule has 0 fully saturated rings. The van der Waals surface area contributed by atoms with Crippen LogP contribution < -0.4 is 5.32 Å². The number of nitrogens with one attached hydrogen (secondary N) is 1. The van der Waals surface area contributed by atoms with E-state index >= 15 is 0 Å². The summed E-state index contributed by atoms with van der Waals surface area (Å²) in [6.07, 6.45) is -3.81. The Hall–Kier alpha value is -2.74. The molecule has 0 bridgehead atoms. The lowest BCUT2D eigenvalue weighted by Crippen LogP contribution is -2.19. The fourth-order valence-corrected chi connectivity index (χ4v) is 3.97. The molecule has 0 aliphatic carbocycles. The van der Waals surface area contributed by atoms with E-state index in [2.05, 4.69) is 15.5 Å². The van der Waals surface area contributed by atoms with Crippen molar-refractivity contribution in [2.75, 3.05) is 11.1 Å². The maximum absolute atomic E-state index is 12.9. The van der Waals surface area contributed by atoms with Gasteiger partial charge in [0.15, 0.2) is 10.8 Å². The molecule has 0 radical (unpaired) electrons. The molecule has 1 N–H and O–H groups in total. The third-order valence-electron chi connectivity index (χ3n) is 3.73. The summed E-state index contributed by atoms with van der Waals surface area (Å²) in [5.74, 6) is -4.84. The molecular formula is C16H11F5N4O3S2. The van der Waals surface area contributed by atoms with Crippen molar-refractivity contribution in [3.8, 4) is 0 Å². The van der Waals surface area contributed by atoms with E-state index in [0.29, 0.717) is 0 Å². The van der Waals surface area contributed by atoms with E-state index in [1.165, 1.54) is 12.1 Å². The average molecular weight is 466 g/mol. The fraction of sp³-hybridized carbons (Fsp3) is 0.188. The number of sulfone groups is 1. The Balaban J connectivity index is 1.77. The minimum Gasteiger partial charge on any atom is -0.324 e. The van der Waals surface area contributed by atoms with Gasteiger partial charge in [0.1, 0.15) is 0 Å². The van der Waals surface area contributed by atoms with E-state index in [4.69, 9.17) is 0 Å². The van der Waals surface area contributed by atoms with Crippen LogP contribution in [0.5, 0.6) is 0 Å². The number of rotatable bonds is 6. The molecule has 1 aromatic carbocycles. The summed E-state index contributed by atoms with van der Waals surface area (Å²) in [4.78, 5) is 11.4. The van der Waals surface area contributed by atoms with Crippen molar-refractivity contribution in [1.29, 1.82) is 0 Å². The molecule has 1 amide bonds. The SMILES string of the molecule is O=C(CSc1nnc2ccc(C(F)(F)F)cn12)Nc1ccccc1S(=O)(=O)C(F)F. The molecular weight excluding hydrogens is 455 g/mol. The first-order valence-electron chi connectivity index (χ1n) is 7.96. The van der Waals surface area contributed by atoms with Crippen molar-refractivity contribution in [2.24, 2.45) is 0 Å². The van der Waals surface area contributed by atoms with E-state index in [1.54, 1.807) is 0 Å². The van der Waals surface area contributed by atoms with Gasteiger partial charge < -0.3 is 5.32 Å². The monoisotopic (exact) mass is 466 g/mol. The predicted molar refractivity (Wildman–Crippen MR) is 97.0 cm³/mol. The number of anilines is 1. The topological polar surface area (TPSA) is 93.4 Å². The van der Waals surface area contributed by atoms with E-state index in [9.17, 15) is 35.2 Å². The molecule has 0 atom stereocenters. The minimum absolute atomic E-state index is 0.0141. The van der Waals surface area contributed by atoms with E-state index in [-0.39, 0.29) is 22.2 Å². The number of aromatic nitrogens is 3. The molecule has 14 heteroatoms. The quantitative estimate of drug-likeness (QED) is 0.442. The summed E-state index contributed by atoms with van der Waals surface area (Å²) in [6, 6.07) is 6.59. The van der Waals surface area contributed by atoms with Gasteiger partial charge in [-0.25, -0.2) is 8.42 Å². The van der Waals surface area contributed by atoms with Gasteiger partial charge in [0.25, 0.3) is 0 Å². The molecule has 0 spiro atoms. The van der Waals surface area contributed by atoms with Crippen LogP contribution in [-0.2, 0) is 20.8 Å². The summed E-state index contributed by atoms with van der Waals surface area (Å²) >= 11 is 0.735. The third kappa shape index (κ3) is 4.53. The largest absolute Gasteiger partial charge is 0.417 e. The van der Waals surface area contributed by atoms with Gasteiger partial charge in [-0.2, -0.15) is 22.0 Å². The molecule has 3 aromatic rings. The number of halogens is 5. The molecule has 2 aromatic heterocycles. The Morgan fingerprint density at radius 2 is 1.83 bits per heavy atom. The lowest BCUT2D eigenvalue weighted by atomic mass is 10.3. The second kappa shape index (κ2) is 8.18. The highest BCUT2D eigenvalue weighted by atomic mass is 32.2. The standard InChI is InChI=1S/C16H11F5N4O3S2/c17-14(18)30(27,28)11-4-2-1-3-10(11)22-13(26)8-29-15-24-23-12-6-5-9(7-25(12)15)16(19,20)21/h1-7,14H,8H2,(H,22,26). The fourth-order valence-electron chi connectivity index (χ4n) is 2.37. The van der Waals surface area contributed by atoms with Gasteiger partial charge >= 0.3 is 11.9 Å². The molecule has 0 aliphatic rings. The van der Waals surface area contributed by atoms with Gasteiger partial charge in [0.2, 0.25) is 15.7 Å². The summed E-state index contributed by atoms with van der Waals surface area (Å²) in [7, 11) is -4.95. The number of amides is 1. The van der Waals surface area contributed by atoms with Crippen molar-refractivity contribution >= 4 is 38.8 Å². The second-order valence-corrected chi connectivity index (χ2v) is 8.59. The Labute approximate surface area is 170 Å². The number of nitrogens with zero attached hydrogens (tertiary/aromatic N) is 3. The van der Waals surface area contributed by atoms with Crippen molar-refractivity contribution in [2.45, 2.75) is 22.0 Å². The average Bonchev–Trinajstić information content (AvgIpc) is 3.08. The first kappa shape index (κ1) is 22.0. The number of benzene rings is 1.